The molecule has 0 aromatic heterocycles. The van der Waals surface area contributed by atoms with Gasteiger partial charge in [0.05, 0.1) is 22.6 Å². The third-order valence-electron chi connectivity index (χ3n) is 8.68. The van der Waals surface area contributed by atoms with Crippen molar-refractivity contribution in [1.82, 2.24) is 0 Å². The van der Waals surface area contributed by atoms with E-state index in [0.717, 1.165) is 0 Å². The fraction of sp³-hybridized carbons (Fsp3) is 0.514. The Kier molecular flexibility index (Phi) is 5.38. The molecule has 6 heterocycles. The molecule has 0 saturated heterocycles. The van der Waals surface area contributed by atoms with Crippen molar-refractivity contribution in [1.29, 1.82) is 0 Å². The Morgan fingerprint density at radius 3 is 0.612 bits per heavy atom. The highest BCUT2D eigenvalue weighted by molar-refractivity contribution is 5.78. The maximum atomic E-state index is 6.64. The Hall–Kier alpha value is -4.74. The van der Waals surface area contributed by atoms with Crippen LogP contribution in [0.1, 0.15) is 106 Å². The summed E-state index contributed by atoms with van der Waals surface area (Å²) >= 11 is 0. The van der Waals surface area contributed by atoms with Gasteiger partial charge in [0.2, 0.25) is 34.7 Å². The van der Waals surface area contributed by atoms with E-state index in [1.165, 1.54) is 0 Å². The van der Waals surface area contributed by atoms with Gasteiger partial charge in [-0.15, -0.1) is 0 Å². The zero-order valence-electron chi connectivity index (χ0n) is 29.7. The van der Waals surface area contributed by atoms with Crippen LogP contribution in [0.3, 0.4) is 0 Å². The van der Waals surface area contributed by atoms with Crippen LogP contribution in [0.15, 0.2) is 18.2 Å². The average Bonchev–Trinajstić information content (AvgIpc) is 3.71. The molecule has 0 atom stereocenters. The Bertz CT molecular complexity index is 1650. The van der Waals surface area contributed by atoms with Crippen LogP contribution in [0, 0.1) is 0 Å². The van der Waals surface area contributed by atoms with E-state index in [1.54, 1.807) is 18.2 Å². The van der Waals surface area contributed by atoms with E-state index in [1.807, 2.05) is 83.1 Å². The molecule has 3 aromatic carbocycles. The Labute approximate surface area is 284 Å². The van der Waals surface area contributed by atoms with E-state index in [2.05, 4.69) is 0 Å². The van der Waals surface area contributed by atoms with E-state index in [0.29, 0.717) is 85.7 Å². The van der Waals surface area contributed by atoms with Gasteiger partial charge in [-0.05, 0) is 0 Å². The number of benzene rings is 3. The molecular formula is C37H40O12. The highest BCUT2D eigenvalue weighted by atomic mass is 16.8. The lowest BCUT2D eigenvalue weighted by molar-refractivity contribution is -0.0490. The molecule has 0 unspecified atom stereocenters. The average molecular weight is 677 g/mol. The summed E-state index contributed by atoms with van der Waals surface area (Å²) in [5.74, 6) is -1.44. The molecule has 6 aliphatic rings. The lowest BCUT2D eigenvalue weighted by Gasteiger charge is -2.28. The van der Waals surface area contributed by atoms with Gasteiger partial charge >= 0.3 is 0 Å². The Balaban J connectivity index is 1.44. The summed E-state index contributed by atoms with van der Waals surface area (Å²) < 4.78 is 78.1. The molecule has 0 aliphatic carbocycles. The van der Waals surface area contributed by atoms with Crippen LogP contribution in [-0.4, -0.2) is 34.7 Å². The summed E-state index contributed by atoms with van der Waals surface area (Å²) in [6, 6.07) is 5.39. The van der Waals surface area contributed by atoms with Gasteiger partial charge in [0.1, 0.15) is 0 Å². The van der Waals surface area contributed by atoms with Gasteiger partial charge in [0.15, 0.2) is 69.0 Å². The number of fused-ring (bicyclic) bond motifs is 6. The molecule has 6 aliphatic heterocycles. The predicted molar refractivity (Wildman–Crippen MR) is 172 cm³/mol. The van der Waals surface area contributed by atoms with Gasteiger partial charge in [0.25, 0.3) is 0 Å². The van der Waals surface area contributed by atoms with Gasteiger partial charge < -0.3 is 56.8 Å². The molecule has 49 heavy (non-hydrogen) atoms. The summed E-state index contributed by atoms with van der Waals surface area (Å²) in [5, 5.41) is 0. The first-order valence-corrected chi connectivity index (χ1v) is 16.5. The van der Waals surface area contributed by atoms with Crippen LogP contribution in [-0.2, 0) is 0 Å². The smallest absolute Gasteiger partial charge is 0.246 e. The van der Waals surface area contributed by atoms with Crippen LogP contribution in [0.2, 0.25) is 0 Å². The summed E-state index contributed by atoms with van der Waals surface area (Å²) in [6.45, 7) is 22.1. The van der Waals surface area contributed by atoms with Crippen LogP contribution in [0.5, 0.6) is 69.0 Å². The normalized spacial score (nSPS) is 23.0. The maximum absolute atomic E-state index is 6.64. The first kappa shape index (κ1) is 30.3. The van der Waals surface area contributed by atoms with Crippen molar-refractivity contribution in [2.24, 2.45) is 0 Å². The SMILES string of the molecule is CC1(C)Oc2cc3c(c(C(c4c5c(cc6c4OC(C)(C)O6)OC(C)(C)O5)c4c5c(cc6c4OC(C)(C)O6)OC(C)(C)O5)c2O1)OC(C)(C)O3. The Morgan fingerprint density at radius 1 is 0.286 bits per heavy atom. The molecule has 12 heteroatoms. The first-order valence-electron chi connectivity index (χ1n) is 16.5. The van der Waals surface area contributed by atoms with Crippen LogP contribution in [0.4, 0.5) is 0 Å². The number of ether oxygens (including phenoxy) is 12. The van der Waals surface area contributed by atoms with Crippen molar-refractivity contribution < 1.29 is 56.8 Å². The largest absolute Gasteiger partial charge is 0.449 e. The highest BCUT2D eigenvalue weighted by Gasteiger charge is 2.53. The lowest BCUT2D eigenvalue weighted by Crippen LogP contribution is -2.32. The van der Waals surface area contributed by atoms with Crippen LogP contribution in [0.25, 0.3) is 0 Å². The van der Waals surface area contributed by atoms with Crippen molar-refractivity contribution >= 4 is 0 Å². The van der Waals surface area contributed by atoms with Gasteiger partial charge in [-0.3, -0.25) is 0 Å². The van der Waals surface area contributed by atoms with E-state index in [-0.39, 0.29) is 0 Å². The number of hydrogen-bond donors (Lipinski definition) is 0. The summed E-state index contributed by atoms with van der Waals surface area (Å²) in [4.78, 5) is 0. The second kappa shape index (κ2) is 8.70. The maximum Gasteiger partial charge on any atom is 0.246 e. The predicted octanol–water partition coefficient (Wildman–Crippen LogP) is 7.91. The van der Waals surface area contributed by atoms with Crippen LogP contribution < -0.4 is 56.8 Å². The zero-order chi connectivity index (χ0) is 34.8. The third kappa shape index (κ3) is 4.55. The van der Waals surface area contributed by atoms with Crippen molar-refractivity contribution in [2.45, 2.75) is 124 Å². The molecule has 12 nitrogen and oxygen atoms in total. The zero-order valence-corrected chi connectivity index (χ0v) is 29.7. The Morgan fingerprint density at radius 2 is 0.449 bits per heavy atom. The van der Waals surface area contributed by atoms with Gasteiger partial charge in [-0.2, -0.15) is 0 Å². The quantitative estimate of drug-likeness (QED) is 0.251. The molecule has 0 amide bonds. The summed E-state index contributed by atoms with van der Waals surface area (Å²) in [6.07, 6.45) is 0. The van der Waals surface area contributed by atoms with Crippen LogP contribution >= 0.6 is 0 Å². The van der Waals surface area contributed by atoms with Crippen molar-refractivity contribution in [3.63, 3.8) is 0 Å². The minimum atomic E-state index is -1.01. The second-order valence-corrected chi connectivity index (χ2v) is 15.9. The fourth-order valence-corrected chi connectivity index (χ4v) is 7.35. The molecule has 0 N–H and O–H groups in total. The van der Waals surface area contributed by atoms with Crippen molar-refractivity contribution in [3.8, 4) is 69.0 Å². The van der Waals surface area contributed by atoms with E-state index in [4.69, 9.17) is 56.8 Å². The first-order chi connectivity index (χ1) is 22.6. The van der Waals surface area contributed by atoms with Gasteiger partial charge in [0, 0.05) is 101 Å². The van der Waals surface area contributed by atoms with Crippen molar-refractivity contribution in [2.75, 3.05) is 0 Å². The number of hydrogen-bond acceptors (Lipinski definition) is 12. The molecule has 0 bridgehead atoms. The minimum absolute atomic E-state index is 0.445. The molecule has 0 saturated carbocycles. The van der Waals surface area contributed by atoms with Crippen molar-refractivity contribution in [3.05, 3.63) is 34.9 Å². The third-order valence-corrected chi connectivity index (χ3v) is 8.68. The van der Waals surface area contributed by atoms with E-state index in [9.17, 15) is 0 Å². The molecule has 0 radical (unpaired) electrons. The second-order valence-electron chi connectivity index (χ2n) is 15.9. The molecule has 3 aromatic rings. The monoisotopic (exact) mass is 676 g/mol. The topological polar surface area (TPSA) is 111 Å². The van der Waals surface area contributed by atoms with E-state index >= 15 is 0 Å². The standard InChI is InChI=1S/C37H40O12/c1-32(2)38-16-13-17-27(45-33(3,4)39-17)23(26(16)44-32)22(24-28-18(40-34(5,6)46-28)14-19-29(24)47-35(7,8)41-19)25-30-20(42-36(9,10)48-30)15-21-31(25)49-37(11,12)43-21/h13-15,22H,1-12H3. The fourth-order valence-electron chi connectivity index (χ4n) is 7.35. The molecule has 260 valence electrons. The van der Waals surface area contributed by atoms with Gasteiger partial charge in [-0.25, -0.2) is 0 Å². The molecule has 0 fully saturated rings. The van der Waals surface area contributed by atoms with E-state index < -0.39 is 40.6 Å². The summed E-state index contributed by atoms with van der Waals surface area (Å²) in [7, 11) is 0. The van der Waals surface area contributed by atoms with Gasteiger partial charge in [-0.1, -0.05) is 0 Å². The summed E-state index contributed by atoms with van der Waals surface area (Å²) in [5.41, 5.74) is 1.70. The molecule has 9 rings (SSSR count). The molecular weight excluding hydrogens is 636 g/mol. The highest BCUT2D eigenvalue weighted by Crippen LogP contribution is 2.68. The lowest BCUT2D eigenvalue weighted by atomic mass is 9.81. The number of rotatable bonds is 3. The minimum Gasteiger partial charge on any atom is -0.449 e. The molecule has 0 spiro atoms.